The number of hydrogen-bond acceptors (Lipinski definition) is 5. The summed E-state index contributed by atoms with van der Waals surface area (Å²) >= 11 is 0. The third-order valence-corrected chi connectivity index (χ3v) is 6.02. The topological polar surface area (TPSA) is 72.8 Å². The molecule has 0 aliphatic heterocycles. The van der Waals surface area contributed by atoms with Crippen LogP contribution >= 0.6 is 0 Å². The minimum Gasteiger partial charge on any atom is -0.463 e. The van der Waals surface area contributed by atoms with Crippen LogP contribution in [0.4, 0.5) is 0 Å². The highest BCUT2D eigenvalue weighted by Crippen LogP contribution is 2.14. The highest BCUT2D eigenvalue weighted by molar-refractivity contribution is 5.69. The lowest BCUT2D eigenvalue weighted by molar-refractivity contribution is -0.152. The fourth-order valence-electron chi connectivity index (χ4n) is 3.86. The van der Waals surface area contributed by atoms with E-state index < -0.39 is 6.10 Å². The first-order valence-electron chi connectivity index (χ1n) is 13.9. The molecule has 0 aromatic heterocycles. The van der Waals surface area contributed by atoms with Crippen molar-refractivity contribution in [3.05, 3.63) is 0 Å². The first kappa shape index (κ1) is 31.9. The molecule has 0 aromatic carbocycles. The summed E-state index contributed by atoms with van der Waals surface area (Å²) in [5, 5.41) is 9.86. The monoisotopic (exact) mass is 470 g/mol. The van der Waals surface area contributed by atoms with Crippen molar-refractivity contribution in [2.45, 2.75) is 149 Å². The number of carbonyl (C=O) groups excluding carboxylic acids is 2. The van der Waals surface area contributed by atoms with E-state index in [2.05, 4.69) is 20.8 Å². The fourth-order valence-corrected chi connectivity index (χ4v) is 3.86. The molecule has 0 spiro atoms. The molecule has 0 amide bonds. The van der Waals surface area contributed by atoms with E-state index >= 15 is 0 Å². The van der Waals surface area contributed by atoms with Gasteiger partial charge < -0.3 is 14.6 Å². The molecular weight excluding hydrogens is 416 g/mol. The third kappa shape index (κ3) is 25.4. The molecule has 196 valence electrons. The largest absolute Gasteiger partial charge is 0.463 e. The Labute approximate surface area is 204 Å². The van der Waals surface area contributed by atoms with Crippen molar-refractivity contribution < 1.29 is 24.2 Å². The Morgan fingerprint density at radius 2 is 0.970 bits per heavy atom. The quantitative estimate of drug-likeness (QED) is 0.117. The van der Waals surface area contributed by atoms with Crippen LogP contribution in [0.15, 0.2) is 0 Å². The van der Waals surface area contributed by atoms with E-state index in [1.54, 1.807) is 0 Å². The second kappa shape index (κ2) is 24.0. The second-order valence-corrected chi connectivity index (χ2v) is 10.0. The van der Waals surface area contributed by atoms with Crippen LogP contribution in [0, 0.1) is 5.92 Å². The van der Waals surface area contributed by atoms with Gasteiger partial charge in [-0.2, -0.15) is 0 Å². The Balaban J connectivity index is 3.44. The van der Waals surface area contributed by atoms with Gasteiger partial charge in [0.1, 0.15) is 19.3 Å². The van der Waals surface area contributed by atoms with Crippen LogP contribution < -0.4 is 0 Å². The number of unbranched alkanes of at least 4 members (excludes halogenated alkanes) is 14. The molecule has 1 N–H and O–H groups in total. The van der Waals surface area contributed by atoms with Gasteiger partial charge in [-0.15, -0.1) is 0 Å². The molecule has 0 radical (unpaired) electrons. The predicted molar refractivity (Wildman–Crippen MR) is 136 cm³/mol. The van der Waals surface area contributed by atoms with Gasteiger partial charge in [-0.25, -0.2) is 0 Å². The zero-order valence-electron chi connectivity index (χ0n) is 22.1. The van der Waals surface area contributed by atoms with Crippen molar-refractivity contribution in [2.24, 2.45) is 5.92 Å². The molecule has 5 nitrogen and oxygen atoms in total. The van der Waals surface area contributed by atoms with Crippen molar-refractivity contribution in [1.82, 2.24) is 0 Å². The van der Waals surface area contributed by atoms with Gasteiger partial charge in [0.25, 0.3) is 0 Å². The average molecular weight is 471 g/mol. The highest BCUT2D eigenvalue weighted by atomic mass is 16.6. The van der Waals surface area contributed by atoms with Gasteiger partial charge in [-0.1, -0.05) is 117 Å². The summed E-state index contributed by atoms with van der Waals surface area (Å²) in [5.41, 5.74) is 0. The van der Waals surface area contributed by atoms with E-state index in [0.29, 0.717) is 12.8 Å². The smallest absolute Gasteiger partial charge is 0.305 e. The standard InChI is InChI=1S/C28H54O5/c1-4-5-6-7-11-15-18-21-27(30)32-23-26(29)24-33-28(31)22-19-16-13-10-8-9-12-14-17-20-25(2)3/h25-26,29H,4-24H2,1-3H3/t26-/m1/s1. The minimum absolute atomic E-state index is 0.111. The molecule has 0 unspecified atom stereocenters. The van der Waals surface area contributed by atoms with E-state index in [1.165, 1.54) is 70.6 Å². The summed E-state index contributed by atoms with van der Waals surface area (Å²) in [4.78, 5) is 23.5. The van der Waals surface area contributed by atoms with Crippen LogP contribution in [-0.4, -0.2) is 36.4 Å². The molecule has 1 atom stereocenters. The van der Waals surface area contributed by atoms with E-state index in [9.17, 15) is 14.7 Å². The summed E-state index contributed by atoms with van der Waals surface area (Å²) in [6.45, 7) is 6.55. The molecule has 0 aromatic rings. The third-order valence-electron chi connectivity index (χ3n) is 6.02. The molecule has 0 aliphatic rings. The van der Waals surface area contributed by atoms with Crippen LogP contribution in [0.2, 0.25) is 0 Å². The van der Waals surface area contributed by atoms with Crippen molar-refractivity contribution in [3.8, 4) is 0 Å². The summed E-state index contributed by atoms with van der Waals surface area (Å²) in [6, 6.07) is 0. The van der Waals surface area contributed by atoms with Crippen LogP contribution in [0.5, 0.6) is 0 Å². The van der Waals surface area contributed by atoms with E-state index in [-0.39, 0.29) is 25.2 Å². The maximum Gasteiger partial charge on any atom is 0.305 e. The average Bonchev–Trinajstić information content (AvgIpc) is 2.79. The van der Waals surface area contributed by atoms with Gasteiger partial charge in [-0.05, 0) is 18.8 Å². The molecule has 0 heterocycles. The van der Waals surface area contributed by atoms with Gasteiger partial charge in [0, 0.05) is 12.8 Å². The van der Waals surface area contributed by atoms with Crippen LogP contribution in [-0.2, 0) is 19.1 Å². The molecule has 0 saturated heterocycles. The second-order valence-electron chi connectivity index (χ2n) is 10.0. The number of aliphatic hydroxyl groups excluding tert-OH is 1. The van der Waals surface area contributed by atoms with Crippen LogP contribution in [0.3, 0.4) is 0 Å². The first-order valence-corrected chi connectivity index (χ1v) is 13.9. The van der Waals surface area contributed by atoms with Crippen molar-refractivity contribution in [1.29, 1.82) is 0 Å². The van der Waals surface area contributed by atoms with Gasteiger partial charge in [0.2, 0.25) is 0 Å². The molecule has 0 aliphatic carbocycles. The Morgan fingerprint density at radius 1 is 0.606 bits per heavy atom. The van der Waals surface area contributed by atoms with Crippen molar-refractivity contribution >= 4 is 11.9 Å². The Bertz CT molecular complexity index is 450. The Hall–Kier alpha value is -1.10. The van der Waals surface area contributed by atoms with E-state index in [4.69, 9.17) is 9.47 Å². The lowest BCUT2D eigenvalue weighted by atomic mass is 10.0. The van der Waals surface area contributed by atoms with Gasteiger partial charge in [0.15, 0.2) is 0 Å². The number of ether oxygens (including phenoxy) is 2. The molecule has 0 saturated carbocycles. The van der Waals surface area contributed by atoms with E-state index in [1.807, 2.05) is 0 Å². The molecule has 0 fully saturated rings. The SMILES string of the molecule is CCCCCCCCCC(=O)OC[C@@H](O)COC(=O)CCCCCCCCCCCC(C)C. The Morgan fingerprint density at radius 3 is 1.36 bits per heavy atom. The zero-order chi connectivity index (χ0) is 24.6. The van der Waals surface area contributed by atoms with Crippen LogP contribution in [0.25, 0.3) is 0 Å². The lowest BCUT2D eigenvalue weighted by Gasteiger charge is -2.12. The fraction of sp³-hybridized carbons (Fsp3) is 0.929. The minimum atomic E-state index is -0.951. The number of rotatable bonds is 24. The van der Waals surface area contributed by atoms with Gasteiger partial charge in [0.05, 0.1) is 0 Å². The maximum atomic E-state index is 11.8. The number of hydrogen-bond donors (Lipinski definition) is 1. The molecule has 5 heteroatoms. The summed E-state index contributed by atoms with van der Waals surface area (Å²) < 4.78 is 10.2. The number of aliphatic hydroxyl groups is 1. The summed E-state index contributed by atoms with van der Waals surface area (Å²) in [6.07, 6.45) is 20.1. The van der Waals surface area contributed by atoms with Crippen LogP contribution in [0.1, 0.15) is 143 Å². The normalized spacial score (nSPS) is 12.2. The number of esters is 2. The summed E-state index contributed by atoms with van der Waals surface area (Å²) in [7, 11) is 0. The molecule has 0 rings (SSSR count). The Kier molecular flexibility index (Phi) is 23.2. The predicted octanol–water partition coefficient (Wildman–Crippen LogP) is 7.52. The number of carbonyl (C=O) groups is 2. The maximum absolute atomic E-state index is 11.8. The van der Waals surface area contributed by atoms with E-state index in [0.717, 1.165) is 44.4 Å². The van der Waals surface area contributed by atoms with Crippen molar-refractivity contribution in [3.63, 3.8) is 0 Å². The molecule has 33 heavy (non-hydrogen) atoms. The summed E-state index contributed by atoms with van der Waals surface area (Å²) in [5.74, 6) is 0.250. The molecule has 0 bridgehead atoms. The lowest BCUT2D eigenvalue weighted by Crippen LogP contribution is -2.25. The molecular formula is C28H54O5. The first-order chi connectivity index (χ1) is 16.0. The van der Waals surface area contributed by atoms with Gasteiger partial charge in [-0.3, -0.25) is 9.59 Å². The zero-order valence-corrected chi connectivity index (χ0v) is 22.1. The highest BCUT2D eigenvalue weighted by Gasteiger charge is 2.12. The van der Waals surface area contributed by atoms with Gasteiger partial charge >= 0.3 is 11.9 Å². The van der Waals surface area contributed by atoms with Crippen molar-refractivity contribution in [2.75, 3.05) is 13.2 Å².